The minimum absolute atomic E-state index is 0.220. The van der Waals surface area contributed by atoms with Gasteiger partial charge in [-0.3, -0.25) is 5.32 Å². The first-order valence-electron chi connectivity index (χ1n) is 7.89. The summed E-state index contributed by atoms with van der Waals surface area (Å²) in [5, 5.41) is 3.55. The summed E-state index contributed by atoms with van der Waals surface area (Å²) in [6.07, 6.45) is 5.96. The van der Waals surface area contributed by atoms with E-state index in [9.17, 15) is 9.18 Å². The van der Waals surface area contributed by atoms with E-state index in [2.05, 4.69) is 5.32 Å². The molecule has 0 bridgehead atoms. The van der Waals surface area contributed by atoms with E-state index < -0.39 is 5.54 Å². The minimum atomic E-state index is -0.784. The highest BCUT2D eigenvalue weighted by Gasteiger charge is 2.48. The van der Waals surface area contributed by atoms with Crippen LogP contribution in [0.25, 0.3) is 0 Å². The standard InChI is InChI=1S/C17H22FNO2/c1-2-21-16(20)17(19-14-5-3-4-6-14)10-9-12-11-13(18)7-8-15(12)17/h7-8,11,14,19H,2-6,9-10H2,1H3. The Labute approximate surface area is 124 Å². The molecule has 1 aromatic carbocycles. The Bertz CT molecular complexity index is 540. The summed E-state index contributed by atoms with van der Waals surface area (Å²) >= 11 is 0. The molecule has 2 aliphatic rings. The Hall–Kier alpha value is -1.42. The molecule has 1 unspecified atom stereocenters. The third-order valence-electron chi connectivity index (χ3n) is 4.73. The first-order valence-corrected chi connectivity index (χ1v) is 7.89. The van der Waals surface area contributed by atoms with Crippen molar-refractivity contribution in [1.29, 1.82) is 0 Å². The summed E-state index contributed by atoms with van der Waals surface area (Å²) in [6, 6.07) is 5.09. The molecule has 1 saturated carbocycles. The molecule has 0 heterocycles. The lowest BCUT2D eigenvalue weighted by Gasteiger charge is -2.32. The number of fused-ring (bicyclic) bond motifs is 1. The van der Waals surface area contributed by atoms with Gasteiger partial charge in [0.15, 0.2) is 0 Å². The van der Waals surface area contributed by atoms with Crippen LogP contribution in [-0.4, -0.2) is 18.6 Å². The van der Waals surface area contributed by atoms with E-state index in [0.717, 1.165) is 24.0 Å². The lowest BCUT2D eigenvalue weighted by atomic mass is 9.90. The zero-order valence-corrected chi connectivity index (χ0v) is 12.5. The zero-order chi connectivity index (χ0) is 14.9. The van der Waals surface area contributed by atoms with Crippen molar-refractivity contribution in [1.82, 2.24) is 5.32 Å². The summed E-state index contributed by atoms with van der Waals surface area (Å²) in [5.74, 6) is -0.462. The SMILES string of the molecule is CCOC(=O)C1(NC2CCCC2)CCc2cc(F)ccc21. The van der Waals surface area contributed by atoms with E-state index in [-0.39, 0.29) is 11.8 Å². The molecule has 21 heavy (non-hydrogen) atoms. The number of benzene rings is 1. The Morgan fingerprint density at radius 1 is 1.43 bits per heavy atom. The number of esters is 1. The minimum Gasteiger partial charge on any atom is -0.464 e. The van der Waals surface area contributed by atoms with Gasteiger partial charge in [0.2, 0.25) is 0 Å². The van der Waals surface area contributed by atoms with Gasteiger partial charge in [0.05, 0.1) is 6.61 Å². The van der Waals surface area contributed by atoms with E-state index >= 15 is 0 Å². The lowest BCUT2D eigenvalue weighted by molar-refractivity contribution is -0.152. The predicted octanol–water partition coefficient (Wildman–Crippen LogP) is 3.06. The van der Waals surface area contributed by atoms with Crippen LogP contribution in [0.2, 0.25) is 0 Å². The number of hydrogen-bond acceptors (Lipinski definition) is 3. The topological polar surface area (TPSA) is 38.3 Å². The number of halogens is 1. The molecule has 0 aliphatic heterocycles. The molecule has 1 fully saturated rings. The van der Waals surface area contributed by atoms with Crippen molar-refractivity contribution in [3.05, 3.63) is 35.1 Å². The molecule has 0 amide bonds. The van der Waals surface area contributed by atoms with Gasteiger partial charge in [-0.1, -0.05) is 18.9 Å². The average molecular weight is 291 g/mol. The quantitative estimate of drug-likeness (QED) is 0.866. The van der Waals surface area contributed by atoms with Gasteiger partial charge < -0.3 is 4.74 Å². The second kappa shape index (κ2) is 5.76. The fraction of sp³-hybridized carbons (Fsp3) is 0.588. The third kappa shape index (κ3) is 2.57. The second-order valence-electron chi connectivity index (χ2n) is 6.05. The van der Waals surface area contributed by atoms with Gasteiger partial charge >= 0.3 is 5.97 Å². The van der Waals surface area contributed by atoms with Crippen LogP contribution in [-0.2, 0) is 21.5 Å². The molecule has 0 aromatic heterocycles. The number of carbonyl (C=O) groups is 1. The van der Waals surface area contributed by atoms with E-state index in [1.165, 1.54) is 18.9 Å². The van der Waals surface area contributed by atoms with Crippen molar-refractivity contribution in [3.63, 3.8) is 0 Å². The van der Waals surface area contributed by atoms with Crippen LogP contribution in [0, 0.1) is 5.82 Å². The molecule has 114 valence electrons. The summed E-state index contributed by atoms with van der Waals surface area (Å²) in [7, 11) is 0. The van der Waals surface area contributed by atoms with Gasteiger partial charge in [-0.25, -0.2) is 9.18 Å². The van der Waals surface area contributed by atoms with Crippen molar-refractivity contribution < 1.29 is 13.9 Å². The molecule has 4 heteroatoms. The highest BCUT2D eigenvalue weighted by atomic mass is 19.1. The number of rotatable bonds is 4. The van der Waals surface area contributed by atoms with Gasteiger partial charge in [-0.2, -0.15) is 0 Å². The Morgan fingerprint density at radius 3 is 2.90 bits per heavy atom. The molecule has 0 spiro atoms. The first kappa shape index (κ1) is 14.5. The monoisotopic (exact) mass is 291 g/mol. The van der Waals surface area contributed by atoms with Crippen molar-refractivity contribution in [2.24, 2.45) is 0 Å². The predicted molar refractivity (Wildman–Crippen MR) is 78.4 cm³/mol. The maximum Gasteiger partial charge on any atom is 0.331 e. The van der Waals surface area contributed by atoms with Gasteiger partial charge in [0, 0.05) is 6.04 Å². The summed E-state index contributed by atoms with van der Waals surface area (Å²) in [5.41, 5.74) is 1.04. The normalized spacial score (nSPS) is 25.0. The van der Waals surface area contributed by atoms with Crippen LogP contribution in [0.3, 0.4) is 0 Å². The number of ether oxygens (including phenoxy) is 1. The highest BCUT2D eigenvalue weighted by Crippen LogP contribution is 2.40. The molecule has 1 N–H and O–H groups in total. The van der Waals surface area contributed by atoms with E-state index in [1.54, 1.807) is 12.1 Å². The largest absolute Gasteiger partial charge is 0.464 e. The smallest absolute Gasteiger partial charge is 0.331 e. The van der Waals surface area contributed by atoms with Gasteiger partial charge in [-0.05, 0) is 55.9 Å². The van der Waals surface area contributed by atoms with Crippen molar-refractivity contribution >= 4 is 5.97 Å². The summed E-state index contributed by atoms with van der Waals surface area (Å²) in [4.78, 5) is 12.6. The van der Waals surface area contributed by atoms with E-state index in [1.807, 2.05) is 6.92 Å². The zero-order valence-electron chi connectivity index (χ0n) is 12.5. The number of carbonyl (C=O) groups excluding carboxylic acids is 1. The van der Waals surface area contributed by atoms with Crippen LogP contribution < -0.4 is 5.32 Å². The van der Waals surface area contributed by atoms with E-state index in [0.29, 0.717) is 25.5 Å². The first-order chi connectivity index (χ1) is 10.2. The van der Waals surface area contributed by atoms with Crippen LogP contribution >= 0.6 is 0 Å². The molecule has 0 radical (unpaired) electrons. The lowest BCUT2D eigenvalue weighted by Crippen LogP contribution is -2.52. The number of aryl methyl sites for hydroxylation is 1. The highest BCUT2D eigenvalue weighted by molar-refractivity contribution is 5.84. The van der Waals surface area contributed by atoms with E-state index in [4.69, 9.17) is 4.74 Å². The second-order valence-corrected chi connectivity index (χ2v) is 6.05. The maximum atomic E-state index is 13.4. The summed E-state index contributed by atoms with van der Waals surface area (Å²) < 4.78 is 18.8. The van der Waals surface area contributed by atoms with Crippen LogP contribution in [0.15, 0.2) is 18.2 Å². The van der Waals surface area contributed by atoms with Crippen molar-refractivity contribution in [2.45, 2.75) is 57.0 Å². The van der Waals surface area contributed by atoms with Crippen LogP contribution in [0.4, 0.5) is 4.39 Å². The van der Waals surface area contributed by atoms with Gasteiger partial charge in [0.25, 0.3) is 0 Å². The van der Waals surface area contributed by atoms with Gasteiger partial charge in [-0.15, -0.1) is 0 Å². The fourth-order valence-corrected chi connectivity index (χ4v) is 3.74. The molecule has 2 aliphatic carbocycles. The van der Waals surface area contributed by atoms with Crippen molar-refractivity contribution in [3.8, 4) is 0 Å². The molecular formula is C17H22FNO2. The maximum absolute atomic E-state index is 13.4. The summed E-state index contributed by atoms with van der Waals surface area (Å²) in [6.45, 7) is 2.19. The number of hydrogen-bond donors (Lipinski definition) is 1. The van der Waals surface area contributed by atoms with Crippen molar-refractivity contribution in [2.75, 3.05) is 6.61 Å². The molecular weight excluding hydrogens is 269 g/mol. The molecule has 1 atom stereocenters. The third-order valence-corrected chi connectivity index (χ3v) is 4.73. The Morgan fingerprint density at radius 2 is 2.19 bits per heavy atom. The van der Waals surface area contributed by atoms with Gasteiger partial charge in [0.1, 0.15) is 11.4 Å². The Balaban J connectivity index is 1.96. The molecule has 3 rings (SSSR count). The average Bonchev–Trinajstić information content (AvgIpc) is 3.08. The Kier molecular flexibility index (Phi) is 3.98. The molecule has 3 nitrogen and oxygen atoms in total. The number of nitrogens with one attached hydrogen (secondary N) is 1. The molecule has 0 saturated heterocycles. The molecule has 1 aromatic rings. The van der Waals surface area contributed by atoms with Crippen LogP contribution in [0.1, 0.15) is 50.2 Å². The fourth-order valence-electron chi connectivity index (χ4n) is 3.74. The van der Waals surface area contributed by atoms with Crippen LogP contribution in [0.5, 0.6) is 0 Å².